The largest absolute Gasteiger partial charge is 0.469 e. The van der Waals surface area contributed by atoms with E-state index >= 15 is 0 Å². The summed E-state index contributed by atoms with van der Waals surface area (Å²) in [7, 11) is 2.98. The summed E-state index contributed by atoms with van der Waals surface area (Å²) in [6.07, 6.45) is 0.234. The molecule has 1 aliphatic heterocycles. The number of benzene rings is 1. The molecule has 0 N–H and O–H groups in total. The quantitative estimate of drug-likeness (QED) is 0.756. The molecule has 0 amide bonds. The predicted octanol–water partition coefficient (Wildman–Crippen LogP) is 2.53. The molecule has 1 saturated heterocycles. The average Bonchev–Trinajstić information content (AvgIpc) is 2.56. The Morgan fingerprint density at radius 3 is 2.64 bits per heavy atom. The first-order chi connectivity index (χ1) is 10.6. The minimum atomic E-state index is -0.355. The van der Waals surface area contributed by atoms with Gasteiger partial charge in [-0.2, -0.15) is 0 Å². The maximum Gasteiger partial charge on any atom is 0.308 e. The molecule has 1 aromatic carbocycles. The molecule has 5 heteroatoms. The van der Waals surface area contributed by atoms with E-state index in [0.29, 0.717) is 13.0 Å². The first kappa shape index (κ1) is 16.9. The van der Waals surface area contributed by atoms with Crippen molar-refractivity contribution in [3.05, 3.63) is 35.9 Å². The molecule has 122 valence electrons. The van der Waals surface area contributed by atoms with E-state index in [-0.39, 0.29) is 36.8 Å². The highest BCUT2D eigenvalue weighted by Gasteiger charge is 2.38. The summed E-state index contributed by atoms with van der Waals surface area (Å²) in [5.74, 6) is -0.190. The van der Waals surface area contributed by atoms with Gasteiger partial charge in [0.25, 0.3) is 0 Å². The Bertz CT molecular complexity index is 461. The van der Waals surface area contributed by atoms with Gasteiger partial charge in [-0.15, -0.1) is 0 Å². The third-order valence-electron chi connectivity index (χ3n) is 4.09. The molecule has 4 atom stereocenters. The van der Waals surface area contributed by atoms with Crippen molar-refractivity contribution in [3.8, 4) is 0 Å². The third-order valence-corrected chi connectivity index (χ3v) is 4.09. The SMILES string of the molecule is COC(=O)C[C@H]1OC(OC)C[C@H](OCc2ccccc2)[C@H]1C. The Hall–Kier alpha value is -1.43. The van der Waals surface area contributed by atoms with E-state index in [0.717, 1.165) is 5.56 Å². The van der Waals surface area contributed by atoms with Gasteiger partial charge >= 0.3 is 5.97 Å². The number of hydrogen-bond acceptors (Lipinski definition) is 5. The molecule has 1 heterocycles. The summed E-state index contributed by atoms with van der Waals surface area (Å²) in [5, 5.41) is 0. The topological polar surface area (TPSA) is 54.0 Å². The molecule has 22 heavy (non-hydrogen) atoms. The van der Waals surface area contributed by atoms with Gasteiger partial charge in [-0.1, -0.05) is 37.3 Å². The lowest BCUT2D eigenvalue weighted by Crippen LogP contribution is -2.45. The van der Waals surface area contributed by atoms with Gasteiger partial charge in [0.2, 0.25) is 0 Å². The van der Waals surface area contributed by atoms with Crippen LogP contribution in [0.15, 0.2) is 30.3 Å². The fourth-order valence-electron chi connectivity index (χ4n) is 2.65. The lowest BCUT2D eigenvalue weighted by molar-refractivity contribution is -0.235. The van der Waals surface area contributed by atoms with E-state index in [4.69, 9.17) is 18.9 Å². The predicted molar refractivity (Wildman–Crippen MR) is 81.1 cm³/mol. The fourth-order valence-corrected chi connectivity index (χ4v) is 2.65. The van der Waals surface area contributed by atoms with E-state index in [9.17, 15) is 4.79 Å². The van der Waals surface area contributed by atoms with Crippen LogP contribution in [0, 0.1) is 5.92 Å². The van der Waals surface area contributed by atoms with Crippen molar-refractivity contribution in [2.24, 2.45) is 5.92 Å². The second-order valence-corrected chi connectivity index (χ2v) is 5.55. The van der Waals surface area contributed by atoms with Crippen molar-refractivity contribution >= 4 is 5.97 Å². The zero-order valence-electron chi connectivity index (χ0n) is 13.4. The van der Waals surface area contributed by atoms with Crippen molar-refractivity contribution < 1.29 is 23.7 Å². The van der Waals surface area contributed by atoms with Crippen LogP contribution in [0.5, 0.6) is 0 Å². The van der Waals surface area contributed by atoms with Gasteiger partial charge in [0, 0.05) is 19.4 Å². The van der Waals surface area contributed by atoms with Crippen LogP contribution in [-0.2, 0) is 30.3 Å². The zero-order chi connectivity index (χ0) is 15.9. The van der Waals surface area contributed by atoms with Crippen LogP contribution < -0.4 is 0 Å². The van der Waals surface area contributed by atoms with Crippen molar-refractivity contribution in [2.75, 3.05) is 14.2 Å². The summed E-state index contributed by atoms with van der Waals surface area (Å²) >= 11 is 0. The molecule has 0 radical (unpaired) electrons. The maximum absolute atomic E-state index is 11.5. The van der Waals surface area contributed by atoms with Crippen LogP contribution in [0.25, 0.3) is 0 Å². The van der Waals surface area contributed by atoms with Gasteiger partial charge in [0.1, 0.15) is 0 Å². The minimum Gasteiger partial charge on any atom is -0.469 e. The summed E-state index contributed by atoms with van der Waals surface area (Å²) in [4.78, 5) is 11.5. The Morgan fingerprint density at radius 1 is 1.27 bits per heavy atom. The Morgan fingerprint density at radius 2 is 2.00 bits per heavy atom. The molecular formula is C17H24O5. The first-order valence-corrected chi connectivity index (χ1v) is 7.54. The lowest BCUT2D eigenvalue weighted by Gasteiger charge is -2.39. The molecule has 0 aliphatic carbocycles. The average molecular weight is 308 g/mol. The smallest absolute Gasteiger partial charge is 0.308 e. The Balaban J connectivity index is 1.97. The monoisotopic (exact) mass is 308 g/mol. The maximum atomic E-state index is 11.5. The highest BCUT2D eigenvalue weighted by atomic mass is 16.7. The Labute approximate surface area is 131 Å². The lowest BCUT2D eigenvalue weighted by atomic mass is 9.90. The number of hydrogen-bond donors (Lipinski definition) is 0. The van der Waals surface area contributed by atoms with Gasteiger partial charge < -0.3 is 18.9 Å². The molecule has 2 rings (SSSR count). The molecule has 0 saturated carbocycles. The number of methoxy groups -OCH3 is 2. The fraction of sp³-hybridized carbons (Fsp3) is 0.588. The summed E-state index contributed by atoms with van der Waals surface area (Å²) in [6, 6.07) is 10.0. The molecule has 0 spiro atoms. The van der Waals surface area contributed by atoms with E-state index in [1.165, 1.54) is 7.11 Å². The van der Waals surface area contributed by atoms with E-state index in [2.05, 4.69) is 0 Å². The molecule has 5 nitrogen and oxygen atoms in total. The van der Waals surface area contributed by atoms with Crippen LogP contribution in [0.1, 0.15) is 25.3 Å². The highest BCUT2D eigenvalue weighted by molar-refractivity contribution is 5.69. The van der Waals surface area contributed by atoms with Crippen LogP contribution in [-0.4, -0.2) is 38.7 Å². The van der Waals surface area contributed by atoms with Gasteiger partial charge in [-0.05, 0) is 5.56 Å². The van der Waals surface area contributed by atoms with Crippen molar-refractivity contribution in [3.63, 3.8) is 0 Å². The van der Waals surface area contributed by atoms with Crippen molar-refractivity contribution in [2.45, 2.75) is 44.9 Å². The summed E-state index contributed by atoms with van der Waals surface area (Å²) < 4.78 is 21.9. The number of carbonyl (C=O) groups is 1. The van der Waals surface area contributed by atoms with Crippen LogP contribution in [0.4, 0.5) is 0 Å². The van der Waals surface area contributed by atoms with Crippen LogP contribution >= 0.6 is 0 Å². The highest BCUT2D eigenvalue weighted by Crippen LogP contribution is 2.30. The second-order valence-electron chi connectivity index (χ2n) is 5.55. The summed E-state index contributed by atoms with van der Waals surface area (Å²) in [5.41, 5.74) is 1.12. The Kier molecular flexibility index (Phi) is 6.36. The molecule has 1 unspecified atom stereocenters. The van der Waals surface area contributed by atoms with E-state index in [1.807, 2.05) is 37.3 Å². The standard InChI is InChI=1S/C17H24O5/c1-12-14(21-11-13-7-5-4-6-8-13)10-17(20-3)22-15(12)9-16(18)19-2/h4-8,12,14-15,17H,9-11H2,1-3H3/t12-,14+,15-,17?/m1/s1. The number of ether oxygens (including phenoxy) is 4. The molecule has 1 fully saturated rings. The molecule has 0 aromatic heterocycles. The van der Waals surface area contributed by atoms with Crippen LogP contribution in [0.2, 0.25) is 0 Å². The van der Waals surface area contributed by atoms with Crippen molar-refractivity contribution in [1.29, 1.82) is 0 Å². The zero-order valence-corrected chi connectivity index (χ0v) is 13.4. The van der Waals surface area contributed by atoms with E-state index < -0.39 is 0 Å². The molecular weight excluding hydrogens is 284 g/mol. The number of carbonyl (C=O) groups excluding carboxylic acids is 1. The molecule has 1 aromatic rings. The van der Waals surface area contributed by atoms with Gasteiger partial charge in [0.05, 0.1) is 32.3 Å². The molecule has 1 aliphatic rings. The van der Waals surface area contributed by atoms with Crippen LogP contribution in [0.3, 0.4) is 0 Å². The number of esters is 1. The van der Waals surface area contributed by atoms with Crippen molar-refractivity contribution in [1.82, 2.24) is 0 Å². The number of rotatable bonds is 6. The van der Waals surface area contributed by atoms with Gasteiger partial charge in [-0.3, -0.25) is 4.79 Å². The van der Waals surface area contributed by atoms with E-state index in [1.54, 1.807) is 7.11 Å². The van der Waals surface area contributed by atoms with Gasteiger partial charge in [-0.25, -0.2) is 0 Å². The third kappa shape index (κ3) is 4.53. The summed E-state index contributed by atoms with van der Waals surface area (Å²) in [6.45, 7) is 2.58. The second kappa shape index (κ2) is 8.27. The van der Waals surface area contributed by atoms with Gasteiger partial charge in [0.15, 0.2) is 6.29 Å². The molecule has 0 bridgehead atoms. The first-order valence-electron chi connectivity index (χ1n) is 7.54. The normalized spacial score (nSPS) is 28.3. The minimum absolute atomic E-state index is 0.0198.